The zero-order valence-corrected chi connectivity index (χ0v) is 11.0. The zero-order chi connectivity index (χ0) is 14.8. The fraction of sp³-hybridized carbons (Fsp3) is 0.462. The number of benzene rings is 1. The number of nitrogens with one attached hydrogen (secondary N) is 2. The maximum atomic E-state index is 12.8. The molecule has 1 aromatic carbocycles. The van der Waals surface area contributed by atoms with E-state index >= 15 is 0 Å². The summed E-state index contributed by atoms with van der Waals surface area (Å²) in [7, 11) is 0. The number of piperazine rings is 1. The molecule has 0 aromatic heterocycles. The van der Waals surface area contributed by atoms with Gasteiger partial charge >= 0.3 is 12.2 Å². The summed E-state index contributed by atoms with van der Waals surface area (Å²) in [6.45, 7) is 3.59. The molecule has 0 bridgehead atoms. The lowest BCUT2D eigenvalue weighted by Gasteiger charge is -2.34. The number of nitrogens with zero attached hydrogens (tertiary/aromatic N) is 1. The van der Waals surface area contributed by atoms with Crippen LogP contribution in [0.5, 0.6) is 0 Å². The SMILES string of the molecule is C[C@H]1CNCCN1C(=O)Nc1ccccc1C(F)(F)F. The highest BCUT2D eigenvalue weighted by molar-refractivity contribution is 5.90. The van der Waals surface area contributed by atoms with Crippen molar-refractivity contribution in [3.8, 4) is 0 Å². The van der Waals surface area contributed by atoms with Crippen molar-refractivity contribution in [1.29, 1.82) is 0 Å². The Morgan fingerprint density at radius 1 is 1.40 bits per heavy atom. The van der Waals surface area contributed by atoms with E-state index in [0.717, 1.165) is 6.07 Å². The molecule has 1 heterocycles. The monoisotopic (exact) mass is 287 g/mol. The largest absolute Gasteiger partial charge is 0.418 e. The first-order valence-electron chi connectivity index (χ1n) is 6.34. The molecule has 4 nitrogen and oxygen atoms in total. The molecule has 1 aliphatic rings. The first kappa shape index (κ1) is 14.6. The van der Waals surface area contributed by atoms with Gasteiger partial charge in [-0.15, -0.1) is 0 Å². The standard InChI is InChI=1S/C13H16F3N3O/c1-9-8-17-6-7-19(9)12(20)18-11-5-3-2-4-10(11)13(14,15)16/h2-5,9,17H,6-8H2,1H3,(H,18,20)/t9-/m0/s1. The zero-order valence-electron chi connectivity index (χ0n) is 11.0. The second kappa shape index (κ2) is 5.70. The molecule has 2 rings (SSSR count). The van der Waals surface area contributed by atoms with Gasteiger partial charge in [-0.3, -0.25) is 0 Å². The molecular weight excluding hydrogens is 271 g/mol. The summed E-state index contributed by atoms with van der Waals surface area (Å²) in [5.41, 5.74) is -1.05. The molecule has 1 fully saturated rings. The average Bonchev–Trinajstić information content (AvgIpc) is 2.38. The van der Waals surface area contributed by atoms with Crippen molar-refractivity contribution in [1.82, 2.24) is 10.2 Å². The van der Waals surface area contributed by atoms with Gasteiger partial charge in [0.15, 0.2) is 0 Å². The molecule has 0 unspecified atom stereocenters. The lowest BCUT2D eigenvalue weighted by molar-refractivity contribution is -0.136. The molecule has 0 radical (unpaired) electrons. The van der Waals surface area contributed by atoms with E-state index in [4.69, 9.17) is 0 Å². The van der Waals surface area contributed by atoms with Gasteiger partial charge in [0.2, 0.25) is 0 Å². The number of amides is 2. The molecule has 1 saturated heterocycles. The van der Waals surface area contributed by atoms with Crippen LogP contribution in [-0.2, 0) is 6.18 Å². The quantitative estimate of drug-likeness (QED) is 0.833. The highest BCUT2D eigenvalue weighted by Crippen LogP contribution is 2.34. The fourth-order valence-electron chi connectivity index (χ4n) is 2.17. The van der Waals surface area contributed by atoms with Crippen LogP contribution in [0.4, 0.5) is 23.7 Å². The third-order valence-corrected chi connectivity index (χ3v) is 3.24. The number of rotatable bonds is 1. The van der Waals surface area contributed by atoms with E-state index in [2.05, 4.69) is 10.6 Å². The third kappa shape index (κ3) is 3.22. The van der Waals surface area contributed by atoms with Crippen LogP contribution in [0.15, 0.2) is 24.3 Å². The predicted molar refractivity (Wildman–Crippen MR) is 69.5 cm³/mol. The smallest absolute Gasteiger partial charge is 0.319 e. The maximum absolute atomic E-state index is 12.8. The number of para-hydroxylation sites is 1. The fourth-order valence-corrected chi connectivity index (χ4v) is 2.17. The van der Waals surface area contributed by atoms with Gasteiger partial charge in [-0.2, -0.15) is 13.2 Å². The lowest BCUT2D eigenvalue weighted by atomic mass is 10.1. The van der Waals surface area contributed by atoms with Gasteiger partial charge in [-0.25, -0.2) is 4.79 Å². The first-order chi connectivity index (χ1) is 9.39. The van der Waals surface area contributed by atoms with Gasteiger partial charge < -0.3 is 15.5 Å². The summed E-state index contributed by atoms with van der Waals surface area (Å²) < 4.78 is 38.5. The van der Waals surface area contributed by atoms with Gasteiger partial charge in [0.1, 0.15) is 0 Å². The number of anilines is 1. The Hall–Kier alpha value is -1.76. The minimum atomic E-state index is -4.49. The number of hydrogen-bond donors (Lipinski definition) is 2. The molecule has 2 N–H and O–H groups in total. The van der Waals surface area contributed by atoms with Crippen LogP contribution in [-0.4, -0.2) is 36.6 Å². The van der Waals surface area contributed by atoms with E-state index in [9.17, 15) is 18.0 Å². The van der Waals surface area contributed by atoms with Crippen molar-refractivity contribution < 1.29 is 18.0 Å². The van der Waals surface area contributed by atoms with Crippen LogP contribution in [0.3, 0.4) is 0 Å². The van der Waals surface area contributed by atoms with Crippen molar-refractivity contribution in [2.75, 3.05) is 25.0 Å². The average molecular weight is 287 g/mol. The Morgan fingerprint density at radius 3 is 2.75 bits per heavy atom. The summed E-state index contributed by atoms with van der Waals surface area (Å²) in [5.74, 6) is 0. The van der Waals surface area contributed by atoms with E-state index in [1.54, 1.807) is 0 Å². The number of alkyl halides is 3. The minimum absolute atomic E-state index is 0.0539. The summed E-state index contributed by atoms with van der Waals surface area (Å²) in [6, 6.07) is 4.42. The first-order valence-corrected chi connectivity index (χ1v) is 6.34. The summed E-state index contributed by atoms with van der Waals surface area (Å²) in [6.07, 6.45) is -4.49. The molecule has 0 saturated carbocycles. The summed E-state index contributed by atoms with van der Waals surface area (Å²) in [4.78, 5) is 13.6. The van der Waals surface area contributed by atoms with E-state index in [1.807, 2.05) is 6.92 Å². The van der Waals surface area contributed by atoms with Crippen LogP contribution in [0.25, 0.3) is 0 Å². The van der Waals surface area contributed by atoms with Gasteiger partial charge in [-0.1, -0.05) is 12.1 Å². The minimum Gasteiger partial charge on any atom is -0.319 e. The maximum Gasteiger partial charge on any atom is 0.418 e. The molecule has 1 atom stereocenters. The Morgan fingerprint density at radius 2 is 2.10 bits per heavy atom. The molecule has 2 amide bonds. The molecule has 0 aliphatic carbocycles. The van der Waals surface area contributed by atoms with Gasteiger partial charge in [0.25, 0.3) is 0 Å². The second-order valence-corrected chi connectivity index (χ2v) is 4.72. The summed E-state index contributed by atoms with van der Waals surface area (Å²) in [5, 5.41) is 5.47. The number of carbonyl (C=O) groups is 1. The Kier molecular flexibility index (Phi) is 4.17. The third-order valence-electron chi connectivity index (χ3n) is 3.24. The number of hydrogen-bond acceptors (Lipinski definition) is 2. The van der Waals surface area contributed by atoms with Crippen molar-refractivity contribution in [3.05, 3.63) is 29.8 Å². The molecule has 7 heteroatoms. The van der Waals surface area contributed by atoms with Crippen molar-refractivity contribution in [3.63, 3.8) is 0 Å². The van der Waals surface area contributed by atoms with Gasteiger partial charge in [-0.05, 0) is 19.1 Å². The molecule has 1 aromatic rings. The summed E-state index contributed by atoms with van der Waals surface area (Å²) >= 11 is 0. The normalized spacial score (nSPS) is 19.8. The highest BCUT2D eigenvalue weighted by atomic mass is 19.4. The predicted octanol–water partition coefficient (Wildman–Crippen LogP) is 2.53. The Labute approximate surface area is 114 Å². The van der Waals surface area contributed by atoms with E-state index in [1.165, 1.54) is 23.1 Å². The molecular formula is C13H16F3N3O. The Balaban J connectivity index is 2.16. The molecule has 0 spiro atoms. The van der Waals surface area contributed by atoms with Crippen LogP contribution in [0.2, 0.25) is 0 Å². The number of halogens is 3. The topological polar surface area (TPSA) is 44.4 Å². The van der Waals surface area contributed by atoms with Crippen LogP contribution in [0, 0.1) is 0 Å². The molecule has 110 valence electrons. The van der Waals surface area contributed by atoms with E-state index in [0.29, 0.717) is 19.6 Å². The second-order valence-electron chi connectivity index (χ2n) is 4.72. The lowest BCUT2D eigenvalue weighted by Crippen LogP contribution is -2.53. The van der Waals surface area contributed by atoms with Crippen molar-refractivity contribution in [2.45, 2.75) is 19.1 Å². The van der Waals surface area contributed by atoms with Crippen LogP contribution in [0.1, 0.15) is 12.5 Å². The van der Waals surface area contributed by atoms with E-state index in [-0.39, 0.29) is 11.7 Å². The van der Waals surface area contributed by atoms with Crippen molar-refractivity contribution in [2.24, 2.45) is 0 Å². The number of urea groups is 1. The Bertz CT molecular complexity index is 490. The van der Waals surface area contributed by atoms with Crippen LogP contribution < -0.4 is 10.6 Å². The highest BCUT2D eigenvalue weighted by Gasteiger charge is 2.34. The van der Waals surface area contributed by atoms with Gasteiger partial charge in [0.05, 0.1) is 11.3 Å². The van der Waals surface area contributed by atoms with Crippen molar-refractivity contribution >= 4 is 11.7 Å². The van der Waals surface area contributed by atoms with Gasteiger partial charge in [0, 0.05) is 25.7 Å². The van der Waals surface area contributed by atoms with Crippen LogP contribution >= 0.6 is 0 Å². The molecule has 1 aliphatic heterocycles. The van der Waals surface area contributed by atoms with E-state index < -0.39 is 17.8 Å². The number of carbonyl (C=O) groups excluding carboxylic acids is 1. The molecule has 20 heavy (non-hydrogen) atoms.